The summed E-state index contributed by atoms with van der Waals surface area (Å²) >= 11 is 0. The van der Waals surface area contributed by atoms with Crippen molar-refractivity contribution in [2.24, 2.45) is 0 Å². The van der Waals surface area contributed by atoms with E-state index in [-0.39, 0.29) is 24.0 Å². The van der Waals surface area contributed by atoms with Crippen LogP contribution in [0, 0.1) is 11.3 Å². The molecule has 0 bridgehead atoms. The number of nitrogens with one attached hydrogen (secondary N) is 1. The number of anilines is 1. The van der Waals surface area contributed by atoms with Gasteiger partial charge in [-0.25, -0.2) is 4.98 Å². The lowest BCUT2D eigenvalue weighted by molar-refractivity contribution is -0.141. The molecule has 1 rings (SSSR count). The standard InChI is InChI=1S/C12H14F3N3O/c1-8(2)19-6-5-17-11-9(7-16)3-4-10(18-11)12(13,14)15/h3-4,8H,5-6H2,1-2H3,(H,17,18). The van der Waals surface area contributed by atoms with Crippen LogP contribution in [0.4, 0.5) is 19.0 Å². The maximum absolute atomic E-state index is 12.5. The molecular weight excluding hydrogens is 259 g/mol. The van der Waals surface area contributed by atoms with Gasteiger partial charge >= 0.3 is 6.18 Å². The van der Waals surface area contributed by atoms with E-state index < -0.39 is 11.9 Å². The van der Waals surface area contributed by atoms with Gasteiger partial charge in [-0.05, 0) is 26.0 Å². The molecule has 1 N–H and O–H groups in total. The zero-order valence-electron chi connectivity index (χ0n) is 10.6. The number of pyridine rings is 1. The third-order valence-corrected chi connectivity index (χ3v) is 2.15. The molecule has 0 aliphatic heterocycles. The Morgan fingerprint density at radius 3 is 2.63 bits per heavy atom. The molecule has 104 valence electrons. The smallest absolute Gasteiger partial charge is 0.377 e. The minimum absolute atomic E-state index is 0.0340. The van der Waals surface area contributed by atoms with Gasteiger partial charge in [-0.2, -0.15) is 18.4 Å². The summed E-state index contributed by atoms with van der Waals surface area (Å²) in [7, 11) is 0. The summed E-state index contributed by atoms with van der Waals surface area (Å²) in [6.07, 6.45) is -4.49. The van der Waals surface area contributed by atoms with Gasteiger partial charge in [-0.1, -0.05) is 0 Å². The van der Waals surface area contributed by atoms with Gasteiger partial charge in [0.25, 0.3) is 0 Å². The molecule has 0 aromatic carbocycles. The summed E-state index contributed by atoms with van der Waals surface area (Å²) in [5, 5.41) is 11.5. The maximum Gasteiger partial charge on any atom is 0.433 e. The monoisotopic (exact) mass is 273 g/mol. The fourth-order valence-electron chi connectivity index (χ4n) is 1.31. The first-order chi connectivity index (χ1) is 8.84. The second-order valence-corrected chi connectivity index (χ2v) is 4.05. The normalized spacial score (nSPS) is 11.4. The van der Waals surface area contributed by atoms with Crippen molar-refractivity contribution in [3.63, 3.8) is 0 Å². The van der Waals surface area contributed by atoms with Crippen molar-refractivity contribution >= 4 is 5.82 Å². The Morgan fingerprint density at radius 2 is 2.11 bits per heavy atom. The Bertz CT molecular complexity index is 466. The number of nitriles is 1. The molecule has 4 nitrogen and oxygen atoms in total. The van der Waals surface area contributed by atoms with E-state index in [0.29, 0.717) is 6.61 Å². The van der Waals surface area contributed by atoms with Crippen LogP contribution in [0.2, 0.25) is 0 Å². The number of nitrogens with zero attached hydrogens (tertiary/aromatic N) is 2. The molecular formula is C12H14F3N3O. The van der Waals surface area contributed by atoms with Crippen LogP contribution < -0.4 is 5.32 Å². The van der Waals surface area contributed by atoms with Crippen molar-refractivity contribution in [3.05, 3.63) is 23.4 Å². The number of halogens is 3. The average molecular weight is 273 g/mol. The van der Waals surface area contributed by atoms with Gasteiger partial charge in [0.05, 0.1) is 18.3 Å². The van der Waals surface area contributed by atoms with E-state index in [1.165, 1.54) is 0 Å². The Labute approximate surface area is 109 Å². The molecule has 0 saturated carbocycles. The van der Waals surface area contributed by atoms with Crippen LogP contribution >= 0.6 is 0 Å². The maximum atomic E-state index is 12.5. The molecule has 7 heteroatoms. The third kappa shape index (κ3) is 4.75. The molecule has 0 saturated heterocycles. The van der Waals surface area contributed by atoms with E-state index in [2.05, 4.69) is 10.3 Å². The summed E-state index contributed by atoms with van der Waals surface area (Å²) in [6, 6.07) is 3.68. The van der Waals surface area contributed by atoms with E-state index in [1.807, 2.05) is 13.8 Å². The van der Waals surface area contributed by atoms with Crippen LogP contribution in [-0.4, -0.2) is 24.2 Å². The number of ether oxygens (including phenoxy) is 1. The number of rotatable bonds is 5. The number of aromatic nitrogens is 1. The van der Waals surface area contributed by atoms with E-state index in [1.54, 1.807) is 6.07 Å². The van der Waals surface area contributed by atoms with Crippen molar-refractivity contribution in [1.29, 1.82) is 5.26 Å². The highest BCUT2D eigenvalue weighted by Crippen LogP contribution is 2.29. The topological polar surface area (TPSA) is 57.9 Å². The first-order valence-electron chi connectivity index (χ1n) is 5.68. The van der Waals surface area contributed by atoms with Gasteiger partial charge in [0.15, 0.2) is 0 Å². The van der Waals surface area contributed by atoms with E-state index in [9.17, 15) is 13.2 Å². The predicted molar refractivity (Wildman–Crippen MR) is 63.5 cm³/mol. The average Bonchev–Trinajstić information content (AvgIpc) is 2.33. The van der Waals surface area contributed by atoms with Crippen molar-refractivity contribution in [2.75, 3.05) is 18.5 Å². The van der Waals surface area contributed by atoms with Crippen molar-refractivity contribution in [2.45, 2.75) is 26.1 Å². The summed E-state index contributed by atoms with van der Waals surface area (Å²) in [6.45, 7) is 4.30. The molecule has 0 aliphatic carbocycles. The second kappa shape index (κ2) is 6.38. The Balaban J connectivity index is 2.77. The molecule has 19 heavy (non-hydrogen) atoms. The molecule has 0 spiro atoms. The van der Waals surface area contributed by atoms with Crippen LogP contribution in [0.15, 0.2) is 12.1 Å². The molecule has 0 fully saturated rings. The van der Waals surface area contributed by atoms with Crippen molar-refractivity contribution in [1.82, 2.24) is 4.98 Å². The van der Waals surface area contributed by atoms with Crippen LogP contribution in [0.1, 0.15) is 25.1 Å². The van der Waals surface area contributed by atoms with Crippen LogP contribution in [0.3, 0.4) is 0 Å². The van der Waals surface area contributed by atoms with Crippen molar-refractivity contribution in [3.8, 4) is 6.07 Å². The first kappa shape index (κ1) is 15.2. The molecule has 1 aromatic heterocycles. The van der Waals surface area contributed by atoms with Gasteiger partial charge in [0.1, 0.15) is 17.6 Å². The molecule has 0 radical (unpaired) electrons. The number of alkyl halides is 3. The Morgan fingerprint density at radius 1 is 1.42 bits per heavy atom. The minimum Gasteiger partial charge on any atom is -0.377 e. The molecule has 0 unspecified atom stereocenters. The Kier molecular flexibility index (Phi) is 5.12. The number of hydrogen-bond acceptors (Lipinski definition) is 4. The van der Waals surface area contributed by atoms with E-state index in [4.69, 9.17) is 10.00 Å². The lowest BCUT2D eigenvalue weighted by atomic mass is 10.2. The van der Waals surface area contributed by atoms with Crippen LogP contribution in [0.5, 0.6) is 0 Å². The van der Waals surface area contributed by atoms with Crippen LogP contribution in [0.25, 0.3) is 0 Å². The summed E-state index contributed by atoms with van der Waals surface area (Å²) in [4.78, 5) is 3.42. The number of hydrogen-bond donors (Lipinski definition) is 1. The second-order valence-electron chi connectivity index (χ2n) is 4.05. The fourth-order valence-corrected chi connectivity index (χ4v) is 1.31. The quantitative estimate of drug-likeness (QED) is 0.838. The van der Waals surface area contributed by atoms with Gasteiger partial charge in [-0.15, -0.1) is 0 Å². The Hall–Kier alpha value is -1.81. The molecule has 0 amide bonds. The highest BCUT2D eigenvalue weighted by atomic mass is 19.4. The zero-order chi connectivity index (χ0) is 14.5. The molecule has 0 atom stereocenters. The van der Waals surface area contributed by atoms with Gasteiger partial charge in [0.2, 0.25) is 0 Å². The zero-order valence-corrected chi connectivity index (χ0v) is 10.6. The van der Waals surface area contributed by atoms with E-state index >= 15 is 0 Å². The lowest BCUT2D eigenvalue weighted by Gasteiger charge is -2.12. The van der Waals surface area contributed by atoms with E-state index in [0.717, 1.165) is 12.1 Å². The highest BCUT2D eigenvalue weighted by Gasteiger charge is 2.33. The summed E-state index contributed by atoms with van der Waals surface area (Å²) < 4.78 is 42.7. The lowest BCUT2D eigenvalue weighted by Crippen LogP contribution is -2.16. The largest absolute Gasteiger partial charge is 0.433 e. The fraction of sp³-hybridized carbons (Fsp3) is 0.500. The SMILES string of the molecule is CC(C)OCCNc1nc(C(F)(F)F)ccc1C#N. The summed E-state index contributed by atoms with van der Waals surface area (Å²) in [5.74, 6) is -0.0790. The van der Waals surface area contributed by atoms with Gasteiger partial charge < -0.3 is 10.1 Å². The van der Waals surface area contributed by atoms with Gasteiger partial charge in [-0.3, -0.25) is 0 Å². The van der Waals surface area contributed by atoms with Gasteiger partial charge in [0, 0.05) is 6.54 Å². The highest BCUT2D eigenvalue weighted by molar-refractivity contribution is 5.52. The predicted octanol–water partition coefficient (Wildman–Crippen LogP) is 2.81. The van der Waals surface area contributed by atoms with Crippen molar-refractivity contribution < 1.29 is 17.9 Å². The minimum atomic E-state index is -4.53. The molecule has 1 aromatic rings. The molecule has 1 heterocycles. The molecule has 0 aliphatic rings. The van der Waals surface area contributed by atoms with Crippen LogP contribution in [-0.2, 0) is 10.9 Å². The third-order valence-electron chi connectivity index (χ3n) is 2.15. The first-order valence-corrected chi connectivity index (χ1v) is 5.68. The summed E-state index contributed by atoms with van der Waals surface area (Å²) in [5.41, 5.74) is -0.962.